The van der Waals surface area contributed by atoms with E-state index in [0.717, 1.165) is 34.8 Å². The molecule has 0 saturated carbocycles. The van der Waals surface area contributed by atoms with Crippen molar-refractivity contribution in [2.45, 2.75) is 43.4 Å². The number of rotatable bonds is 4. The molecule has 1 aromatic rings. The van der Waals surface area contributed by atoms with Gasteiger partial charge in [0.2, 0.25) is 0 Å². The number of ketones is 1. The molecule has 3 heteroatoms. The Kier molecular flexibility index (Phi) is 5.99. The van der Waals surface area contributed by atoms with Gasteiger partial charge in [-0.15, -0.1) is 11.8 Å². The molecule has 0 bridgehead atoms. The van der Waals surface area contributed by atoms with Gasteiger partial charge in [0.05, 0.1) is 10.8 Å². The van der Waals surface area contributed by atoms with E-state index in [-0.39, 0.29) is 5.78 Å². The Hall–Kier alpha value is -0.730. The fourth-order valence-electron chi connectivity index (χ4n) is 2.24. The maximum atomic E-state index is 12.2. The topological polar surface area (TPSA) is 17.1 Å². The first-order valence-corrected chi connectivity index (χ1v) is 8.23. The minimum Gasteiger partial charge on any atom is -0.294 e. The van der Waals surface area contributed by atoms with E-state index in [0.29, 0.717) is 5.75 Å². The minimum absolute atomic E-state index is 0.270. The molecule has 0 radical (unpaired) electrons. The molecule has 0 saturated heterocycles. The molecule has 0 N–H and O–H groups in total. The Balaban J connectivity index is 1.91. The van der Waals surface area contributed by atoms with Gasteiger partial charge in [0.1, 0.15) is 0 Å². The predicted molar refractivity (Wildman–Crippen MR) is 83.0 cm³/mol. The van der Waals surface area contributed by atoms with Crippen molar-refractivity contribution >= 4 is 29.1 Å². The van der Waals surface area contributed by atoms with E-state index in [1.54, 1.807) is 0 Å². The van der Waals surface area contributed by atoms with Crippen LogP contribution in [-0.2, 0) is 4.79 Å². The molecule has 0 atom stereocenters. The highest BCUT2D eigenvalue weighted by atomic mass is 35.5. The molecule has 102 valence electrons. The van der Waals surface area contributed by atoms with Crippen LogP contribution in [0.1, 0.15) is 38.5 Å². The van der Waals surface area contributed by atoms with Crippen molar-refractivity contribution < 1.29 is 4.79 Å². The summed E-state index contributed by atoms with van der Waals surface area (Å²) in [5, 5.41) is 0.729. The molecule has 0 unspecified atom stereocenters. The molecule has 19 heavy (non-hydrogen) atoms. The average molecular weight is 295 g/mol. The van der Waals surface area contributed by atoms with Gasteiger partial charge in [0, 0.05) is 4.90 Å². The number of Topliss-reactive ketones (excluding diaryl/α,β-unsaturated/α-hetero) is 1. The second kappa shape index (κ2) is 7.76. The van der Waals surface area contributed by atoms with E-state index in [1.165, 1.54) is 31.0 Å². The van der Waals surface area contributed by atoms with Crippen molar-refractivity contribution in [1.82, 2.24) is 0 Å². The Bertz CT molecular complexity index is 468. The summed E-state index contributed by atoms with van der Waals surface area (Å²) in [6.07, 6.45) is 9.06. The molecule has 2 rings (SSSR count). The largest absolute Gasteiger partial charge is 0.294 e. The summed E-state index contributed by atoms with van der Waals surface area (Å²) in [7, 11) is 0. The maximum Gasteiger partial charge on any atom is 0.168 e. The molecule has 0 spiro atoms. The lowest BCUT2D eigenvalue weighted by molar-refractivity contribution is -0.113. The van der Waals surface area contributed by atoms with Crippen LogP contribution in [0.3, 0.4) is 0 Å². The quantitative estimate of drug-likeness (QED) is 0.703. The minimum atomic E-state index is 0.270. The third kappa shape index (κ3) is 4.70. The zero-order valence-electron chi connectivity index (χ0n) is 11.0. The highest BCUT2D eigenvalue weighted by molar-refractivity contribution is 8.00. The SMILES string of the molecule is O=C(CSc1ccccc1Cl)/C1=C/CCCCCC1. The lowest BCUT2D eigenvalue weighted by Gasteiger charge is -2.10. The van der Waals surface area contributed by atoms with Gasteiger partial charge in [0.15, 0.2) is 5.78 Å². The third-order valence-corrected chi connectivity index (χ3v) is 4.86. The lowest BCUT2D eigenvalue weighted by atomic mass is 9.98. The number of hydrogen-bond donors (Lipinski definition) is 0. The smallest absolute Gasteiger partial charge is 0.168 e. The normalized spacial score (nSPS) is 19.1. The monoisotopic (exact) mass is 294 g/mol. The highest BCUT2D eigenvalue weighted by Gasteiger charge is 2.12. The first-order chi connectivity index (χ1) is 9.27. The zero-order valence-corrected chi connectivity index (χ0v) is 12.6. The van der Waals surface area contributed by atoms with Crippen molar-refractivity contribution in [3.8, 4) is 0 Å². The number of hydrogen-bond acceptors (Lipinski definition) is 2. The fourth-order valence-corrected chi connectivity index (χ4v) is 3.39. The van der Waals surface area contributed by atoms with Crippen molar-refractivity contribution in [3.05, 3.63) is 40.9 Å². The standard InChI is InChI=1S/C16H19ClOS/c17-14-10-6-7-11-16(14)19-12-15(18)13-8-4-2-1-3-5-9-13/h6-8,10-11H,1-5,9,12H2/b13-8+. The molecule has 0 fully saturated rings. The average Bonchev–Trinajstić information content (AvgIpc) is 2.37. The van der Waals surface area contributed by atoms with Crippen LogP contribution in [0.4, 0.5) is 0 Å². The van der Waals surface area contributed by atoms with Crippen molar-refractivity contribution in [2.24, 2.45) is 0 Å². The van der Waals surface area contributed by atoms with Gasteiger partial charge < -0.3 is 0 Å². The molecule has 0 amide bonds. The Morgan fingerprint density at radius 1 is 1.16 bits per heavy atom. The molecule has 0 aliphatic heterocycles. The van der Waals surface area contributed by atoms with Gasteiger partial charge in [-0.2, -0.15) is 0 Å². The number of allylic oxidation sites excluding steroid dienone is 2. The van der Waals surface area contributed by atoms with Gasteiger partial charge >= 0.3 is 0 Å². The number of carbonyl (C=O) groups excluding carboxylic acids is 1. The second-order valence-corrected chi connectivity index (χ2v) is 6.25. The van der Waals surface area contributed by atoms with Crippen LogP contribution in [0, 0.1) is 0 Å². The molecular weight excluding hydrogens is 276 g/mol. The third-order valence-electron chi connectivity index (χ3n) is 3.34. The molecular formula is C16H19ClOS. The number of halogens is 1. The van der Waals surface area contributed by atoms with Crippen LogP contribution in [0.25, 0.3) is 0 Å². The first-order valence-electron chi connectivity index (χ1n) is 6.87. The summed E-state index contributed by atoms with van der Waals surface area (Å²) in [5.41, 5.74) is 1.03. The van der Waals surface area contributed by atoms with E-state index in [1.807, 2.05) is 24.3 Å². The molecule has 1 aliphatic rings. The van der Waals surface area contributed by atoms with Crippen LogP contribution in [0.5, 0.6) is 0 Å². The molecule has 0 heterocycles. The van der Waals surface area contributed by atoms with Crippen LogP contribution in [0.15, 0.2) is 40.8 Å². The van der Waals surface area contributed by atoms with Gasteiger partial charge in [-0.1, -0.05) is 42.7 Å². The van der Waals surface area contributed by atoms with Gasteiger partial charge in [-0.25, -0.2) is 0 Å². The van der Waals surface area contributed by atoms with Gasteiger partial charge in [0.25, 0.3) is 0 Å². The van der Waals surface area contributed by atoms with E-state index >= 15 is 0 Å². The zero-order chi connectivity index (χ0) is 13.5. The van der Waals surface area contributed by atoms with Gasteiger partial charge in [-0.3, -0.25) is 4.79 Å². The fraction of sp³-hybridized carbons (Fsp3) is 0.438. The first kappa shape index (κ1) is 14.7. The molecule has 0 aromatic heterocycles. The van der Waals surface area contributed by atoms with Crippen LogP contribution in [0.2, 0.25) is 5.02 Å². The predicted octanol–water partition coefficient (Wildman–Crippen LogP) is 5.28. The number of thioether (sulfide) groups is 1. The van der Waals surface area contributed by atoms with Crippen LogP contribution < -0.4 is 0 Å². The maximum absolute atomic E-state index is 12.2. The van der Waals surface area contributed by atoms with Gasteiger partial charge in [-0.05, 0) is 43.4 Å². The second-order valence-electron chi connectivity index (χ2n) is 4.82. The molecule has 1 aliphatic carbocycles. The number of carbonyl (C=O) groups is 1. The Morgan fingerprint density at radius 3 is 2.79 bits per heavy atom. The summed E-state index contributed by atoms with van der Waals surface area (Å²) < 4.78 is 0. The van der Waals surface area contributed by atoms with Crippen LogP contribution in [-0.4, -0.2) is 11.5 Å². The summed E-state index contributed by atoms with van der Waals surface area (Å²) in [4.78, 5) is 13.2. The van der Waals surface area contributed by atoms with E-state index in [2.05, 4.69) is 6.08 Å². The lowest BCUT2D eigenvalue weighted by Crippen LogP contribution is -2.07. The van der Waals surface area contributed by atoms with E-state index in [4.69, 9.17) is 11.6 Å². The van der Waals surface area contributed by atoms with Crippen molar-refractivity contribution in [3.63, 3.8) is 0 Å². The van der Waals surface area contributed by atoms with Crippen molar-refractivity contribution in [2.75, 3.05) is 5.75 Å². The highest BCUT2D eigenvalue weighted by Crippen LogP contribution is 2.28. The molecule has 1 nitrogen and oxygen atoms in total. The molecule has 1 aromatic carbocycles. The summed E-state index contributed by atoms with van der Waals surface area (Å²) in [6, 6.07) is 7.69. The Morgan fingerprint density at radius 2 is 1.95 bits per heavy atom. The van der Waals surface area contributed by atoms with E-state index in [9.17, 15) is 4.79 Å². The Labute approximate surface area is 124 Å². The van der Waals surface area contributed by atoms with E-state index < -0.39 is 0 Å². The van der Waals surface area contributed by atoms with Crippen LogP contribution >= 0.6 is 23.4 Å². The summed E-state index contributed by atoms with van der Waals surface area (Å²) in [6.45, 7) is 0. The summed E-state index contributed by atoms with van der Waals surface area (Å²) in [5.74, 6) is 0.766. The number of benzene rings is 1. The van der Waals surface area contributed by atoms with Crippen molar-refractivity contribution in [1.29, 1.82) is 0 Å². The summed E-state index contributed by atoms with van der Waals surface area (Å²) >= 11 is 7.63.